The van der Waals surface area contributed by atoms with E-state index in [1.165, 1.54) is 16.6 Å². The Morgan fingerprint density at radius 3 is 2.69 bits per heavy atom. The van der Waals surface area contributed by atoms with Crippen LogP contribution in [0.2, 0.25) is 0 Å². The topological polar surface area (TPSA) is 105 Å². The van der Waals surface area contributed by atoms with Gasteiger partial charge in [0, 0.05) is 48.8 Å². The number of rotatable bonds is 4. The van der Waals surface area contributed by atoms with Crippen LogP contribution >= 0.6 is 0 Å². The Balaban J connectivity index is 1.24. The van der Waals surface area contributed by atoms with E-state index >= 15 is 0 Å². The summed E-state index contributed by atoms with van der Waals surface area (Å²) < 4.78 is 52.2. The van der Waals surface area contributed by atoms with Gasteiger partial charge in [0.2, 0.25) is 15.9 Å². The Kier molecular flexibility index (Phi) is 6.18. The average Bonchev–Trinajstić information content (AvgIpc) is 3.43. The molecule has 0 radical (unpaired) electrons. The van der Waals surface area contributed by atoms with Gasteiger partial charge in [-0.15, -0.1) is 0 Å². The molecule has 3 aliphatic heterocycles. The molecule has 0 saturated carbocycles. The maximum absolute atomic E-state index is 14.8. The summed E-state index contributed by atoms with van der Waals surface area (Å²) in [6.07, 6.45) is 1.35. The van der Waals surface area contributed by atoms with Crippen LogP contribution in [0.15, 0.2) is 47.1 Å². The summed E-state index contributed by atoms with van der Waals surface area (Å²) in [5, 5.41) is 3.54. The molecule has 3 aromatic rings. The van der Waals surface area contributed by atoms with Gasteiger partial charge in [-0.2, -0.15) is 4.31 Å². The Hall–Kier alpha value is -3.44. The first-order valence-electron chi connectivity index (χ1n) is 13.2. The van der Waals surface area contributed by atoms with Gasteiger partial charge < -0.3 is 19.4 Å². The van der Waals surface area contributed by atoms with E-state index in [9.17, 15) is 17.6 Å². The second kappa shape index (κ2) is 9.34. The van der Waals surface area contributed by atoms with Gasteiger partial charge in [0.05, 0.1) is 24.0 Å². The van der Waals surface area contributed by atoms with Gasteiger partial charge in [-0.25, -0.2) is 17.8 Å². The molecule has 6 rings (SSSR count). The zero-order valence-electron chi connectivity index (χ0n) is 22.1. The van der Waals surface area contributed by atoms with Crippen molar-refractivity contribution in [1.82, 2.24) is 14.2 Å². The maximum atomic E-state index is 14.8. The summed E-state index contributed by atoms with van der Waals surface area (Å²) in [7, 11) is -3.28. The molecule has 2 aromatic carbocycles. The van der Waals surface area contributed by atoms with Gasteiger partial charge in [0.1, 0.15) is 17.8 Å². The minimum absolute atomic E-state index is 0.0125. The number of carbonyl (C=O) groups excluding carboxylic acids is 1. The number of nitrogens with zero attached hydrogens (tertiary/aromatic N) is 3. The Morgan fingerprint density at radius 2 is 1.95 bits per heavy atom. The summed E-state index contributed by atoms with van der Waals surface area (Å²) in [6.45, 7) is 7.45. The van der Waals surface area contributed by atoms with Crippen LogP contribution in [0.3, 0.4) is 0 Å². The Labute approximate surface area is 227 Å². The van der Waals surface area contributed by atoms with Crippen LogP contribution in [0.4, 0.5) is 10.1 Å². The number of ether oxygens (including phenoxy) is 1. The summed E-state index contributed by atoms with van der Waals surface area (Å²) in [4.78, 5) is 19.1. The van der Waals surface area contributed by atoms with Gasteiger partial charge in [-0.05, 0) is 42.8 Å². The number of hydrogen-bond acceptors (Lipinski definition) is 7. The van der Waals surface area contributed by atoms with Gasteiger partial charge in [-0.3, -0.25) is 4.79 Å². The molecule has 1 N–H and O–H groups in total. The number of amides is 1. The van der Waals surface area contributed by atoms with Crippen LogP contribution < -0.4 is 10.1 Å². The van der Waals surface area contributed by atoms with Gasteiger partial charge in [-0.1, -0.05) is 19.9 Å². The van der Waals surface area contributed by atoms with E-state index in [2.05, 4.69) is 24.1 Å². The van der Waals surface area contributed by atoms with Gasteiger partial charge >= 0.3 is 0 Å². The van der Waals surface area contributed by atoms with Crippen molar-refractivity contribution in [2.24, 2.45) is 5.92 Å². The molecule has 1 saturated heterocycles. The highest BCUT2D eigenvalue weighted by molar-refractivity contribution is 7.89. The zero-order valence-corrected chi connectivity index (χ0v) is 22.9. The first-order valence-corrected chi connectivity index (χ1v) is 14.8. The molecule has 1 fully saturated rings. The van der Waals surface area contributed by atoms with Crippen molar-refractivity contribution in [2.75, 3.05) is 43.9 Å². The van der Waals surface area contributed by atoms with E-state index in [1.807, 2.05) is 18.2 Å². The number of benzene rings is 2. The molecule has 4 heterocycles. The number of sulfonamides is 1. The van der Waals surface area contributed by atoms with Crippen LogP contribution in [0, 0.1) is 11.7 Å². The number of halogens is 1. The van der Waals surface area contributed by atoms with E-state index < -0.39 is 10.0 Å². The smallest absolute Gasteiger partial charge is 0.275 e. The van der Waals surface area contributed by atoms with Crippen LogP contribution in [0.25, 0.3) is 11.5 Å². The Bertz CT molecular complexity index is 1540. The van der Waals surface area contributed by atoms with Crippen molar-refractivity contribution >= 4 is 21.6 Å². The van der Waals surface area contributed by atoms with Crippen molar-refractivity contribution in [2.45, 2.75) is 32.2 Å². The molecule has 0 aliphatic carbocycles. The molecule has 11 heteroatoms. The fourth-order valence-electron chi connectivity index (χ4n) is 5.94. The summed E-state index contributed by atoms with van der Waals surface area (Å²) in [5.41, 5.74) is 3.04. The first-order chi connectivity index (χ1) is 18.6. The normalized spacial score (nSPS) is 22.2. The van der Waals surface area contributed by atoms with Gasteiger partial charge in [0.25, 0.3) is 5.91 Å². The standard InChI is InChI=1S/C28H31FN4O5S/c1-4-39(35,36)33-12-10-32(11-13-33)27(34)22-16-38-26(31-22)17-8-9-21-18(14-17)28(2,3)19-15-37-23-7-5-6-20(29)24(23)25(19)30-21/h5-9,14,16,19,25,30H,4,10-13,15H2,1-3H3/t19-,25-/m0/s1. The quantitative estimate of drug-likeness (QED) is 0.519. The third-order valence-corrected chi connectivity index (χ3v) is 10.2. The molecule has 2 atom stereocenters. The maximum Gasteiger partial charge on any atom is 0.275 e. The molecule has 1 aromatic heterocycles. The van der Waals surface area contributed by atoms with E-state index in [0.29, 0.717) is 36.9 Å². The monoisotopic (exact) mass is 554 g/mol. The fourth-order valence-corrected chi connectivity index (χ4v) is 7.03. The van der Waals surface area contributed by atoms with Crippen molar-refractivity contribution in [3.8, 4) is 17.2 Å². The molecule has 0 unspecified atom stereocenters. The molecule has 1 amide bonds. The fraction of sp³-hybridized carbons (Fsp3) is 0.429. The van der Waals surface area contributed by atoms with Crippen molar-refractivity contribution < 1.29 is 26.8 Å². The summed E-state index contributed by atoms with van der Waals surface area (Å²) in [5.74, 6) is 0.352. The molecule has 39 heavy (non-hydrogen) atoms. The summed E-state index contributed by atoms with van der Waals surface area (Å²) in [6, 6.07) is 10.5. The lowest BCUT2D eigenvalue weighted by atomic mass is 9.65. The van der Waals surface area contributed by atoms with Crippen molar-refractivity contribution in [3.63, 3.8) is 0 Å². The number of oxazole rings is 1. The highest BCUT2D eigenvalue weighted by Crippen LogP contribution is 2.53. The van der Waals surface area contributed by atoms with E-state index in [0.717, 1.165) is 16.8 Å². The third kappa shape index (κ3) is 4.28. The minimum atomic E-state index is -3.28. The highest BCUT2D eigenvalue weighted by atomic mass is 32.2. The number of nitrogens with one attached hydrogen (secondary N) is 1. The third-order valence-electron chi connectivity index (χ3n) is 8.35. The first kappa shape index (κ1) is 25.8. The minimum Gasteiger partial charge on any atom is -0.493 e. The second-order valence-electron chi connectivity index (χ2n) is 10.8. The largest absolute Gasteiger partial charge is 0.493 e. The van der Waals surface area contributed by atoms with Crippen LogP contribution in [-0.2, 0) is 15.4 Å². The Morgan fingerprint density at radius 1 is 1.18 bits per heavy atom. The number of anilines is 1. The predicted molar refractivity (Wildman–Crippen MR) is 144 cm³/mol. The lowest BCUT2D eigenvalue weighted by molar-refractivity contribution is 0.0692. The molecule has 0 spiro atoms. The number of piperazine rings is 1. The van der Waals surface area contributed by atoms with Crippen molar-refractivity contribution in [3.05, 3.63) is 65.3 Å². The van der Waals surface area contributed by atoms with Crippen molar-refractivity contribution in [1.29, 1.82) is 0 Å². The summed E-state index contributed by atoms with van der Waals surface area (Å²) >= 11 is 0. The van der Waals surface area contributed by atoms with Crippen LogP contribution in [-0.4, -0.2) is 67.1 Å². The van der Waals surface area contributed by atoms with Crippen LogP contribution in [0.1, 0.15) is 48.4 Å². The molecule has 0 bridgehead atoms. The van der Waals surface area contributed by atoms with Crippen LogP contribution in [0.5, 0.6) is 5.75 Å². The molecule has 3 aliphatic rings. The number of carbonyl (C=O) groups is 1. The van der Waals surface area contributed by atoms with E-state index in [4.69, 9.17) is 9.15 Å². The molecule has 9 nitrogen and oxygen atoms in total. The highest BCUT2D eigenvalue weighted by Gasteiger charge is 2.47. The SMILES string of the molecule is CCS(=O)(=O)N1CCN(C(=O)c2coc(-c3ccc4c(c3)C(C)(C)[C@H]3COc5cccc(F)c5[C@H]3N4)n2)CC1. The predicted octanol–water partition coefficient (Wildman–Crippen LogP) is 4.04. The number of aromatic nitrogens is 1. The average molecular weight is 555 g/mol. The van der Waals surface area contributed by atoms with E-state index in [1.54, 1.807) is 24.0 Å². The number of fused-ring (bicyclic) bond motifs is 4. The van der Waals surface area contributed by atoms with E-state index in [-0.39, 0.29) is 53.6 Å². The molecule has 206 valence electrons. The second-order valence-corrected chi connectivity index (χ2v) is 13.1. The lowest BCUT2D eigenvalue weighted by Crippen LogP contribution is -2.50. The molecular weight excluding hydrogens is 523 g/mol. The zero-order chi connectivity index (χ0) is 27.5. The lowest BCUT2D eigenvalue weighted by Gasteiger charge is -2.48. The molecular formula is C28H31FN4O5S. The van der Waals surface area contributed by atoms with Gasteiger partial charge in [0.15, 0.2) is 5.69 Å². The number of hydrogen-bond donors (Lipinski definition) is 1.